The molecule has 1 rings (SSSR count). The summed E-state index contributed by atoms with van der Waals surface area (Å²) in [4.78, 5) is 13.2. The van der Waals surface area contributed by atoms with E-state index in [1.807, 2.05) is 6.92 Å². The molecule has 0 heterocycles. The number of urea groups is 1. The summed E-state index contributed by atoms with van der Waals surface area (Å²) in [6.45, 7) is 2.42. The Labute approximate surface area is 125 Å². The summed E-state index contributed by atoms with van der Waals surface area (Å²) >= 11 is 0. The number of nitrogens with one attached hydrogen (secondary N) is 2. The quantitative estimate of drug-likeness (QED) is 0.719. The Morgan fingerprint density at radius 3 is 2.67 bits per heavy atom. The number of hydrogen-bond donors (Lipinski definition) is 3. The molecule has 0 saturated carbocycles. The van der Waals surface area contributed by atoms with E-state index in [0.717, 1.165) is 6.42 Å². The Bertz CT molecular complexity index is 466. The zero-order chi connectivity index (χ0) is 15.8. The number of halogens is 1. The smallest absolute Gasteiger partial charge is 0.315 e. The van der Waals surface area contributed by atoms with Crippen molar-refractivity contribution >= 4 is 11.7 Å². The molecule has 0 aromatic heterocycles. The molecule has 6 heteroatoms. The van der Waals surface area contributed by atoms with Gasteiger partial charge in [0.2, 0.25) is 0 Å². The molecular formula is C15H24FN3O2. The highest BCUT2D eigenvalue weighted by Gasteiger charge is 2.08. The molecule has 0 fully saturated rings. The number of carbonyl (C=O) groups excluding carboxylic acids is 1. The lowest BCUT2D eigenvalue weighted by atomic mass is 10.2. The van der Waals surface area contributed by atoms with Gasteiger partial charge in [0, 0.05) is 27.2 Å². The van der Waals surface area contributed by atoms with Crippen molar-refractivity contribution < 1.29 is 14.3 Å². The van der Waals surface area contributed by atoms with Crippen LogP contribution in [0.15, 0.2) is 18.2 Å². The second-order valence-electron chi connectivity index (χ2n) is 5.19. The van der Waals surface area contributed by atoms with Crippen molar-refractivity contribution in [3.63, 3.8) is 0 Å². The molecule has 0 aliphatic heterocycles. The third kappa shape index (κ3) is 5.99. The van der Waals surface area contributed by atoms with Gasteiger partial charge in [-0.1, -0.05) is 19.4 Å². The van der Waals surface area contributed by atoms with Crippen LogP contribution in [0, 0.1) is 5.82 Å². The van der Waals surface area contributed by atoms with Crippen molar-refractivity contribution in [1.82, 2.24) is 10.6 Å². The third-order valence-electron chi connectivity index (χ3n) is 3.07. The fourth-order valence-electron chi connectivity index (χ4n) is 1.91. The number of rotatable bonds is 7. The second-order valence-corrected chi connectivity index (χ2v) is 5.19. The van der Waals surface area contributed by atoms with Crippen LogP contribution in [0.5, 0.6) is 0 Å². The lowest BCUT2D eigenvalue weighted by molar-refractivity contribution is 0.160. The van der Waals surface area contributed by atoms with E-state index in [4.69, 9.17) is 0 Å². The van der Waals surface area contributed by atoms with Gasteiger partial charge in [0.25, 0.3) is 0 Å². The third-order valence-corrected chi connectivity index (χ3v) is 3.07. The molecule has 3 N–H and O–H groups in total. The lowest BCUT2D eigenvalue weighted by Gasteiger charge is -2.15. The maximum atomic E-state index is 13.8. The Kier molecular flexibility index (Phi) is 6.94. The molecule has 0 aliphatic rings. The van der Waals surface area contributed by atoms with Crippen molar-refractivity contribution in [3.05, 3.63) is 29.6 Å². The number of aliphatic hydroxyl groups is 1. The monoisotopic (exact) mass is 297 g/mol. The van der Waals surface area contributed by atoms with Crippen LogP contribution in [-0.4, -0.2) is 37.9 Å². The maximum Gasteiger partial charge on any atom is 0.315 e. The molecule has 1 atom stereocenters. The standard InChI is InChI=1S/C15H24FN3O2/c1-4-5-12(20)10-18-15(21)17-9-11-6-7-14(19(2)3)13(16)8-11/h6-8,12,20H,4-5,9-10H2,1-3H3,(H2,17,18,21). The lowest BCUT2D eigenvalue weighted by Crippen LogP contribution is -2.39. The number of anilines is 1. The number of carbonyl (C=O) groups is 1. The zero-order valence-corrected chi connectivity index (χ0v) is 12.8. The molecule has 1 aromatic rings. The van der Waals surface area contributed by atoms with Crippen molar-refractivity contribution in [1.29, 1.82) is 0 Å². The molecule has 0 spiro atoms. The predicted molar refractivity (Wildman–Crippen MR) is 81.9 cm³/mol. The first kappa shape index (κ1) is 17.2. The SMILES string of the molecule is CCCC(O)CNC(=O)NCc1ccc(N(C)C)c(F)c1. The fraction of sp³-hybridized carbons (Fsp3) is 0.533. The van der Waals surface area contributed by atoms with Gasteiger partial charge in [0.05, 0.1) is 11.8 Å². The minimum absolute atomic E-state index is 0.216. The first-order chi connectivity index (χ1) is 9.93. The largest absolute Gasteiger partial charge is 0.391 e. The maximum absolute atomic E-state index is 13.8. The Morgan fingerprint density at radius 2 is 2.10 bits per heavy atom. The van der Waals surface area contributed by atoms with E-state index in [-0.39, 0.29) is 24.9 Å². The van der Waals surface area contributed by atoms with Crippen LogP contribution in [0.2, 0.25) is 0 Å². The van der Waals surface area contributed by atoms with Crippen LogP contribution < -0.4 is 15.5 Å². The highest BCUT2D eigenvalue weighted by atomic mass is 19.1. The normalized spacial score (nSPS) is 11.9. The summed E-state index contributed by atoms with van der Waals surface area (Å²) in [6, 6.07) is 4.48. The molecule has 0 saturated heterocycles. The van der Waals surface area contributed by atoms with E-state index in [9.17, 15) is 14.3 Å². The van der Waals surface area contributed by atoms with E-state index >= 15 is 0 Å². The molecule has 21 heavy (non-hydrogen) atoms. The Balaban J connectivity index is 2.41. The van der Waals surface area contributed by atoms with Gasteiger partial charge >= 0.3 is 6.03 Å². The number of benzene rings is 1. The van der Waals surface area contributed by atoms with Gasteiger partial charge in [0.1, 0.15) is 5.82 Å². The summed E-state index contributed by atoms with van der Waals surface area (Å²) in [6.07, 6.45) is 0.983. The molecule has 118 valence electrons. The van der Waals surface area contributed by atoms with Crippen LogP contribution in [-0.2, 0) is 6.54 Å². The van der Waals surface area contributed by atoms with Gasteiger partial charge in [0.15, 0.2) is 0 Å². The summed E-state index contributed by atoms with van der Waals surface area (Å²) < 4.78 is 13.8. The number of aliphatic hydroxyl groups excluding tert-OH is 1. The average molecular weight is 297 g/mol. The molecule has 1 unspecified atom stereocenters. The van der Waals surface area contributed by atoms with Crippen molar-refractivity contribution in [2.75, 3.05) is 25.5 Å². The van der Waals surface area contributed by atoms with Crippen LogP contribution in [0.4, 0.5) is 14.9 Å². The number of amides is 2. The van der Waals surface area contributed by atoms with E-state index in [2.05, 4.69) is 10.6 Å². The highest BCUT2D eigenvalue weighted by molar-refractivity contribution is 5.73. The molecule has 5 nitrogen and oxygen atoms in total. The van der Waals surface area contributed by atoms with Gasteiger partial charge in [-0.05, 0) is 24.1 Å². The molecule has 0 bridgehead atoms. The Morgan fingerprint density at radius 1 is 1.38 bits per heavy atom. The first-order valence-corrected chi connectivity index (χ1v) is 7.09. The topological polar surface area (TPSA) is 64.6 Å². The minimum Gasteiger partial charge on any atom is -0.391 e. The van der Waals surface area contributed by atoms with Crippen molar-refractivity contribution in [2.24, 2.45) is 0 Å². The molecule has 0 aliphatic carbocycles. The van der Waals surface area contributed by atoms with Crippen LogP contribution in [0.25, 0.3) is 0 Å². The zero-order valence-electron chi connectivity index (χ0n) is 12.8. The molecule has 2 amide bonds. The number of nitrogens with zero attached hydrogens (tertiary/aromatic N) is 1. The summed E-state index contributed by atoms with van der Waals surface area (Å²) in [5, 5.41) is 14.7. The molecule has 0 radical (unpaired) electrons. The molecular weight excluding hydrogens is 273 g/mol. The van der Waals surface area contributed by atoms with E-state index in [1.54, 1.807) is 31.1 Å². The van der Waals surface area contributed by atoms with Gasteiger partial charge < -0.3 is 20.6 Å². The van der Waals surface area contributed by atoms with E-state index in [0.29, 0.717) is 17.7 Å². The fourth-order valence-corrected chi connectivity index (χ4v) is 1.91. The minimum atomic E-state index is -0.530. The van der Waals surface area contributed by atoms with Gasteiger partial charge in [-0.25, -0.2) is 9.18 Å². The van der Waals surface area contributed by atoms with Gasteiger partial charge in [-0.2, -0.15) is 0 Å². The van der Waals surface area contributed by atoms with E-state index < -0.39 is 6.10 Å². The predicted octanol–water partition coefficient (Wildman–Crippen LogP) is 1.85. The summed E-state index contributed by atoms with van der Waals surface area (Å²) in [5.74, 6) is -0.321. The molecule has 1 aromatic carbocycles. The second kappa shape index (κ2) is 8.46. The summed E-state index contributed by atoms with van der Waals surface area (Å²) in [7, 11) is 3.54. The highest BCUT2D eigenvalue weighted by Crippen LogP contribution is 2.18. The van der Waals surface area contributed by atoms with Crippen LogP contribution in [0.1, 0.15) is 25.3 Å². The Hall–Kier alpha value is -1.82. The average Bonchev–Trinajstić information content (AvgIpc) is 2.43. The van der Waals surface area contributed by atoms with Gasteiger partial charge in [-0.3, -0.25) is 0 Å². The number of hydrogen-bond acceptors (Lipinski definition) is 3. The van der Waals surface area contributed by atoms with Crippen molar-refractivity contribution in [3.8, 4) is 0 Å². The van der Waals surface area contributed by atoms with Crippen LogP contribution >= 0.6 is 0 Å². The van der Waals surface area contributed by atoms with Crippen LogP contribution in [0.3, 0.4) is 0 Å². The van der Waals surface area contributed by atoms with Gasteiger partial charge in [-0.15, -0.1) is 0 Å². The first-order valence-electron chi connectivity index (χ1n) is 7.09. The van der Waals surface area contributed by atoms with Crippen molar-refractivity contribution in [2.45, 2.75) is 32.4 Å². The van der Waals surface area contributed by atoms with E-state index in [1.165, 1.54) is 6.07 Å². The summed E-state index contributed by atoms with van der Waals surface area (Å²) in [5.41, 5.74) is 1.19.